The monoisotopic (exact) mass is 408 g/mol. The number of thioether (sulfide) groups is 2. The summed E-state index contributed by atoms with van der Waals surface area (Å²) < 4.78 is 1.29. The number of Topliss-reactive ketones (excluding diaryl/α,β-unsaturated/α-hetero) is 1. The maximum atomic E-state index is 12.1. The molecule has 3 rings (SSSR count). The van der Waals surface area contributed by atoms with E-state index in [4.69, 9.17) is 0 Å². The minimum Gasteiger partial charge on any atom is -0.335 e. The summed E-state index contributed by atoms with van der Waals surface area (Å²) in [5.41, 5.74) is 0.667. The highest BCUT2D eigenvalue weighted by Gasteiger charge is 2.24. The summed E-state index contributed by atoms with van der Waals surface area (Å²) in [5, 5.41) is 13.0. The van der Waals surface area contributed by atoms with Crippen molar-refractivity contribution in [1.29, 1.82) is 0 Å². The zero-order valence-electron chi connectivity index (χ0n) is 13.6. The number of carbonyl (C=O) groups is 3. The highest BCUT2D eigenvalue weighted by Crippen LogP contribution is 2.29. The number of urea groups is 1. The molecule has 2 aromatic rings. The van der Waals surface area contributed by atoms with Gasteiger partial charge in [0.05, 0.1) is 11.5 Å². The number of imide groups is 1. The van der Waals surface area contributed by atoms with E-state index < -0.39 is 6.03 Å². The van der Waals surface area contributed by atoms with Gasteiger partial charge >= 0.3 is 6.03 Å². The highest BCUT2D eigenvalue weighted by atomic mass is 32.2. The second-order valence-corrected chi connectivity index (χ2v) is 8.92. The van der Waals surface area contributed by atoms with Crippen molar-refractivity contribution in [3.8, 4) is 0 Å². The molecule has 1 saturated carbocycles. The Kier molecular flexibility index (Phi) is 6.64. The molecular formula is C16H16N4O3S3. The lowest BCUT2D eigenvalue weighted by Crippen LogP contribution is -2.41. The van der Waals surface area contributed by atoms with Crippen LogP contribution < -0.4 is 10.6 Å². The fourth-order valence-electron chi connectivity index (χ4n) is 1.89. The minimum absolute atomic E-state index is 0.0288. The molecular weight excluding hydrogens is 392 g/mol. The number of amides is 3. The quantitative estimate of drug-likeness (QED) is 0.511. The first-order valence-electron chi connectivity index (χ1n) is 7.88. The molecule has 0 spiro atoms. The van der Waals surface area contributed by atoms with E-state index >= 15 is 0 Å². The SMILES string of the molecule is O=C(CSc1nnc(SCC(=O)c2ccccc2)s1)NC(=O)NC1CC1. The van der Waals surface area contributed by atoms with Crippen LogP contribution in [-0.2, 0) is 4.79 Å². The van der Waals surface area contributed by atoms with Crippen LogP contribution >= 0.6 is 34.9 Å². The Hall–Kier alpha value is -1.91. The number of carbonyl (C=O) groups excluding carboxylic acids is 3. The Morgan fingerprint density at radius 3 is 2.35 bits per heavy atom. The lowest BCUT2D eigenvalue weighted by atomic mass is 10.2. The molecule has 1 aliphatic rings. The summed E-state index contributed by atoms with van der Waals surface area (Å²) in [6, 6.07) is 8.83. The van der Waals surface area contributed by atoms with Gasteiger partial charge in [0, 0.05) is 11.6 Å². The zero-order chi connectivity index (χ0) is 18.4. The Labute approximate surface area is 162 Å². The van der Waals surface area contributed by atoms with Crippen molar-refractivity contribution in [1.82, 2.24) is 20.8 Å². The smallest absolute Gasteiger partial charge is 0.321 e. The normalized spacial score (nSPS) is 13.2. The van der Waals surface area contributed by atoms with Gasteiger partial charge in [0.1, 0.15) is 0 Å². The van der Waals surface area contributed by atoms with Crippen molar-refractivity contribution in [3.05, 3.63) is 35.9 Å². The van der Waals surface area contributed by atoms with Crippen LogP contribution in [0.5, 0.6) is 0 Å². The lowest BCUT2D eigenvalue weighted by Gasteiger charge is -2.03. The molecule has 0 bridgehead atoms. The number of ketones is 1. The Morgan fingerprint density at radius 1 is 1.04 bits per heavy atom. The van der Waals surface area contributed by atoms with Crippen LogP contribution in [0.2, 0.25) is 0 Å². The predicted octanol–water partition coefficient (Wildman–Crippen LogP) is 2.59. The standard InChI is InChI=1S/C16H16N4O3S3/c21-12(10-4-2-1-3-5-10)8-24-15-19-20-16(26-15)25-9-13(22)18-14(23)17-11-6-7-11/h1-5,11H,6-9H2,(H2,17,18,22,23). The van der Waals surface area contributed by atoms with E-state index in [1.54, 1.807) is 12.1 Å². The highest BCUT2D eigenvalue weighted by molar-refractivity contribution is 8.03. The molecule has 7 nitrogen and oxygen atoms in total. The number of hydrogen-bond donors (Lipinski definition) is 2. The van der Waals surface area contributed by atoms with Crippen LogP contribution in [0.25, 0.3) is 0 Å². The van der Waals surface area contributed by atoms with Gasteiger partial charge in [-0.15, -0.1) is 10.2 Å². The first-order valence-corrected chi connectivity index (χ1v) is 10.7. The Morgan fingerprint density at radius 2 is 1.69 bits per heavy atom. The summed E-state index contributed by atoms with van der Waals surface area (Å²) in [5.74, 6) is 0.0173. The first-order chi connectivity index (χ1) is 12.6. The van der Waals surface area contributed by atoms with E-state index in [1.807, 2.05) is 18.2 Å². The van der Waals surface area contributed by atoms with Gasteiger partial charge in [-0.25, -0.2) is 4.79 Å². The number of hydrogen-bond acceptors (Lipinski definition) is 8. The number of nitrogens with zero attached hydrogens (tertiary/aromatic N) is 2. The van der Waals surface area contributed by atoms with E-state index in [1.165, 1.54) is 34.9 Å². The summed E-state index contributed by atoms with van der Waals surface area (Å²) in [6.45, 7) is 0. The average Bonchev–Trinajstić information content (AvgIpc) is 3.33. The molecule has 0 radical (unpaired) electrons. The molecule has 1 aromatic carbocycles. The van der Waals surface area contributed by atoms with Gasteiger partial charge in [-0.2, -0.15) is 0 Å². The molecule has 26 heavy (non-hydrogen) atoms. The molecule has 0 aliphatic heterocycles. The maximum Gasteiger partial charge on any atom is 0.321 e. The van der Waals surface area contributed by atoms with Gasteiger partial charge in [-0.05, 0) is 12.8 Å². The third kappa shape index (κ3) is 6.11. The molecule has 3 amide bonds. The summed E-state index contributed by atoms with van der Waals surface area (Å²) in [6.07, 6.45) is 1.93. The van der Waals surface area contributed by atoms with Gasteiger partial charge in [0.25, 0.3) is 0 Å². The Bertz CT molecular complexity index is 793. The third-order valence-corrected chi connectivity index (χ3v) is 6.49. The van der Waals surface area contributed by atoms with Crippen molar-refractivity contribution in [2.24, 2.45) is 0 Å². The van der Waals surface area contributed by atoms with Gasteiger partial charge < -0.3 is 5.32 Å². The topological polar surface area (TPSA) is 101 Å². The largest absolute Gasteiger partial charge is 0.335 e. The van der Waals surface area contributed by atoms with Gasteiger partial charge in [0.2, 0.25) is 5.91 Å². The van der Waals surface area contributed by atoms with Crippen LogP contribution in [0.1, 0.15) is 23.2 Å². The molecule has 0 atom stereocenters. The molecule has 0 unspecified atom stereocenters. The van der Waals surface area contributed by atoms with Crippen molar-refractivity contribution >= 4 is 52.6 Å². The fourth-order valence-corrected chi connectivity index (χ4v) is 4.60. The van der Waals surface area contributed by atoms with Crippen molar-refractivity contribution < 1.29 is 14.4 Å². The molecule has 10 heteroatoms. The average molecular weight is 409 g/mol. The first kappa shape index (κ1) is 18.9. The molecule has 1 aliphatic carbocycles. The number of nitrogens with one attached hydrogen (secondary N) is 2. The molecule has 136 valence electrons. The van der Waals surface area contributed by atoms with Crippen molar-refractivity contribution in [2.45, 2.75) is 27.6 Å². The summed E-state index contributed by atoms with van der Waals surface area (Å²) >= 11 is 3.85. The van der Waals surface area contributed by atoms with Gasteiger partial charge in [-0.3, -0.25) is 14.9 Å². The van der Waals surface area contributed by atoms with Crippen molar-refractivity contribution in [2.75, 3.05) is 11.5 Å². The molecule has 1 fully saturated rings. The third-order valence-electron chi connectivity index (χ3n) is 3.30. The molecule has 1 aromatic heterocycles. The van der Waals surface area contributed by atoms with Crippen LogP contribution in [-0.4, -0.2) is 45.5 Å². The van der Waals surface area contributed by atoms with E-state index in [0.717, 1.165) is 12.8 Å². The molecule has 2 N–H and O–H groups in total. The lowest BCUT2D eigenvalue weighted by molar-refractivity contribution is -0.117. The summed E-state index contributed by atoms with van der Waals surface area (Å²) in [4.78, 5) is 35.3. The van der Waals surface area contributed by atoms with E-state index in [9.17, 15) is 14.4 Å². The molecule has 0 saturated heterocycles. The number of benzene rings is 1. The summed E-state index contributed by atoms with van der Waals surface area (Å²) in [7, 11) is 0. The van der Waals surface area contributed by atoms with E-state index in [0.29, 0.717) is 14.2 Å². The minimum atomic E-state index is -0.453. The number of rotatable bonds is 8. The fraction of sp³-hybridized carbons (Fsp3) is 0.312. The van der Waals surface area contributed by atoms with Gasteiger partial charge in [0.15, 0.2) is 14.5 Å². The Balaban J connectivity index is 1.39. The van der Waals surface area contributed by atoms with E-state index in [-0.39, 0.29) is 29.2 Å². The zero-order valence-corrected chi connectivity index (χ0v) is 16.1. The van der Waals surface area contributed by atoms with E-state index in [2.05, 4.69) is 20.8 Å². The second-order valence-electron chi connectivity index (χ2n) is 5.50. The van der Waals surface area contributed by atoms with Crippen LogP contribution in [0.15, 0.2) is 39.0 Å². The van der Waals surface area contributed by atoms with Crippen LogP contribution in [0.3, 0.4) is 0 Å². The van der Waals surface area contributed by atoms with Crippen LogP contribution in [0.4, 0.5) is 4.79 Å². The second kappa shape index (κ2) is 9.15. The van der Waals surface area contributed by atoms with Gasteiger partial charge in [-0.1, -0.05) is 65.2 Å². The predicted molar refractivity (Wildman–Crippen MR) is 102 cm³/mol. The van der Waals surface area contributed by atoms with Crippen molar-refractivity contribution in [3.63, 3.8) is 0 Å². The molecule has 1 heterocycles. The van der Waals surface area contributed by atoms with Crippen LogP contribution in [0, 0.1) is 0 Å². The number of aromatic nitrogens is 2. The maximum absolute atomic E-state index is 12.1.